The first-order valence-corrected chi connectivity index (χ1v) is 9.66. The van der Waals surface area contributed by atoms with Gasteiger partial charge in [0.2, 0.25) is 5.91 Å². The topological polar surface area (TPSA) is 176 Å². The molecule has 0 saturated carbocycles. The number of amides is 1. The second-order valence-electron chi connectivity index (χ2n) is 6.37. The van der Waals surface area contributed by atoms with Gasteiger partial charge in [-0.1, -0.05) is 0 Å². The van der Waals surface area contributed by atoms with Crippen molar-refractivity contribution in [3.8, 4) is 0 Å². The number of allylic oxidation sites excluding steroid dienone is 3. The van der Waals surface area contributed by atoms with Crippen LogP contribution in [0.1, 0.15) is 25.7 Å². The van der Waals surface area contributed by atoms with Crippen LogP contribution in [0.2, 0.25) is 0 Å². The van der Waals surface area contributed by atoms with Crippen molar-refractivity contribution in [1.29, 1.82) is 0 Å². The molecular weight excluding hydrogens is 349 g/mol. The number of nitrogens with one attached hydrogen (secondary N) is 1. The maximum atomic E-state index is 12.3. The number of nitrogens with two attached hydrogens (primary N) is 2. The summed E-state index contributed by atoms with van der Waals surface area (Å²) in [4.78, 5) is 22.6. The molecule has 3 atom stereocenters. The molecule has 0 spiro atoms. The first-order valence-electron chi connectivity index (χ1n) is 7.95. The lowest BCUT2D eigenvalue weighted by Crippen LogP contribution is -2.41. The molecule has 0 aliphatic carbocycles. The molecule has 3 aliphatic heterocycles. The number of carboxylic acid groups (broad SMARTS) is 1. The van der Waals surface area contributed by atoms with Crippen LogP contribution in [0.25, 0.3) is 0 Å². The summed E-state index contributed by atoms with van der Waals surface area (Å²) in [6.45, 7) is 0.336. The van der Waals surface area contributed by atoms with Gasteiger partial charge in [-0.05, 0) is 19.3 Å². The van der Waals surface area contributed by atoms with Crippen LogP contribution in [-0.2, 0) is 14.2 Å². The lowest BCUT2D eigenvalue weighted by atomic mass is 10.0. The predicted octanol–water partition coefficient (Wildman–Crippen LogP) is 0.599. The molecule has 3 heterocycles. The average molecular weight is 369 g/mol. The molecule has 9 nitrogen and oxygen atoms in total. The normalized spacial score (nSPS) is 25.5. The van der Waals surface area contributed by atoms with Crippen LogP contribution in [-0.4, -0.2) is 45.8 Å². The monoisotopic (exact) mass is 369 g/mol. The van der Waals surface area contributed by atoms with Crippen LogP contribution >= 0.6 is 7.14 Å². The SMILES string of the molecule is N[C@@H](CCCCNC(=O)[C@@H](N)CC1=C(O)C2=C(O)C3=C1P23=O)C(=O)O. The molecule has 3 aliphatic rings. The van der Waals surface area contributed by atoms with E-state index in [-0.39, 0.29) is 23.3 Å². The van der Waals surface area contributed by atoms with Gasteiger partial charge >= 0.3 is 5.97 Å². The lowest BCUT2D eigenvalue weighted by Gasteiger charge is -2.16. The number of carbonyl (C=O) groups is 2. The molecule has 3 rings (SSSR count). The van der Waals surface area contributed by atoms with E-state index in [0.717, 1.165) is 0 Å². The Bertz CT molecular complexity index is 812. The van der Waals surface area contributed by atoms with Crippen molar-refractivity contribution in [2.24, 2.45) is 11.5 Å². The highest BCUT2D eigenvalue weighted by Crippen LogP contribution is 2.96. The van der Waals surface area contributed by atoms with Gasteiger partial charge < -0.3 is 36.7 Å². The van der Waals surface area contributed by atoms with E-state index in [4.69, 9.17) is 16.6 Å². The fourth-order valence-corrected chi connectivity index (χ4v) is 6.32. The molecule has 1 unspecified atom stereocenters. The minimum Gasteiger partial charge on any atom is -0.507 e. The summed E-state index contributed by atoms with van der Waals surface area (Å²) in [7, 11) is -2.78. The fourth-order valence-electron chi connectivity index (χ4n) is 3.23. The van der Waals surface area contributed by atoms with Crippen molar-refractivity contribution in [2.75, 3.05) is 6.54 Å². The lowest BCUT2D eigenvalue weighted by molar-refractivity contribution is -0.138. The van der Waals surface area contributed by atoms with E-state index in [1.165, 1.54) is 0 Å². The number of rotatable bonds is 9. The third-order valence-electron chi connectivity index (χ3n) is 4.68. The molecule has 1 amide bonds. The van der Waals surface area contributed by atoms with Gasteiger partial charge in [-0.25, -0.2) is 0 Å². The summed E-state index contributed by atoms with van der Waals surface area (Å²) < 4.78 is 12.3. The Labute approximate surface area is 143 Å². The van der Waals surface area contributed by atoms with Crippen molar-refractivity contribution in [1.82, 2.24) is 5.32 Å². The van der Waals surface area contributed by atoms with Gasteiger partial charge in [-0.3, -0.25) is 9.59 Å². The summed E-state index contributed by atoms with van der Waals surface area (Å²) in [5, 5.41) is 31.9. The quantitative estimate of drug-likeness (QED) is 0.253. The van der Waals surface area contributed by atoms with Crippen LogP contribution < -0.4 is 16.8 Å². The van der Waals surface area contributed by atoms with Gasteiger partial charge in [0.05, 0.1) is 11.4 Å². The Morgan fingerprint density at radius 1 is 1.04 bits per heavy atom. The Morgan fingerprint density at radius 3 is 2.28 bits per heavy atom. The fraction of sp³-hybridized carbons (Fsp3) is 0.467. The Morgan fingerprint density at radius 2 is 1.72 bits per heavy atom. The van der Waals surface area contributed by atoms with Crippen molar-refractivity contribution < 1.29 is 29.5 Å². The molecule has 10 heteroatoms. The zero-order valence-corrected chi connectivity index (χ0v) is 14.3. The van der Waals surface area contributed by atoms with E-state index >= 15 is 0 Å². The largest absolute Gasteiger partial charge is 0.507 e. The third kappa shape index (κ3) is 2.59. The number of hydrogen-bond acceptors (Lipinski definition) is 7. The summed E-state index contributed by atoms with van der Waals surface area (Å²) >= 11 is 0. The van der Waals surface area contributed by atoms with E-state index in [1.807, 2.05) is 0 Å². The third-order valence-corrected chi connectivity index (χ3v) is 7.70. The van der Waals surface area contributed by atoms with Gasteiger partial charge in [0.25, 0.3) is 0 Å². The Kier molecular flexibility index (Phi) is 4.26. The molecule has 0 aromatic heterocycles. The van der Waals surface area contributed by atoms with E-state index < -0.39 is 31.1 Å². The number of aliphatic hydroxyl groups is 2. The molecular formula is C15H20N3O6P. The maximum Gasteiger partial charge on any atom is 0.320 e. The summed E-state index contributed by atoms with van der Waals surface area (Å²) in [5.41, 5.74) is 11.6. The highest BCUT2D eigenvalue weighted by molar-refractivity contribution is 7.86. The zero-order chi connectivity index (χ0) is 18.5. The van der Waals surface area contributed by atoms with Gasteiger partial charge in [-0.2, -0.15) is 0 Å². The molecule has 0 radical (unpaired) electrons. The number of aliphatic carboxylic acids is 1. The average Bonchev–Trinajstić information content (AvgIpc) is 3.03. The van der Waals surface area contributed by atoms with E-state index in [2.05, 4.69) is 5.32 Å². The van der Waals surface area contributed by atoms with Gasteiger partial charge in [0.15, 0.2) is 7.14 Å². The van der Waals surface area contributed by atoms with Crippen LogP contribution in [0.5, 0.6) is 0 Å². The predicted molar refractivity (Wildman–Crippen MR) is 89.0 cm³/mol. The summed E-state index contributed by atoms with van der Waals surface area (Å²) in [5.74, 6) is -1.78. The Balaban J connectivity index is 1.43. The molecule has 0 aromatic carbocycles. The summed E-state index contributed by atoms with van der Waals surface area (Å²) in [6.07, 6.45) is 1.49. The molecule has 0 bridgehead atoms. The first kappa shape index (κ1) is 17.7. The number of unbranched alkanes of at least 4 members (excludes halogenated alkanes) is 1. The van der Waals surface area contributed by atoms with E-state index in [9.17, 15) is 24.4 Å². The number of carbonyl (C=O) groups excluding carboxylic acids is 1. The van der Waals surface area contributed by atoms with E-state index in [0.29, 0.717) is 42.0 Å². The standard InChI is InChI=1S/C15H20N3O6P/c16-7(15(22)23)3-1-2-4-18-14(21)8(17)5-6-9(19)12-10(20)13-11(6)25(12,13)24/h7-8,19-20H,1-5,16-17H2,(H,18,21)(H,22,23)/t7-,8-,25?/m0/s1. The number of carboxylic acids is 1. The highest BCUT2D eigenvalue weighted by atomic mass is 31.2. The van der Waals surface area contributed by atoms with Crippen LogP contribution in [0.3, 0.4) is 0 Å². The van der Waals surface area contributed by atoms with Crippen molar-refractivity contribution >= 4 is 19.0 Å². The van der Waals surface area contributed by atoms with Crippen molar-refractivity contribution in [3.63, 3.8) is 0 Å². The summed E-state index contributed by atoms with van der Waals surface area (Å²) in [6, 6.07) is -1.82. The highest BCUT2D eigenvalue weighted by Gasteiger charge is 2.70. The van der Waals surface area contributed by atoms with Crippen molar-refractivity contribution in [3.05, 3.63) is 33.0 Å². The van der Waals surface area contributed by atoms with Crippen molar-refractivity contribution in [2.45, 2.75) is 37.8 Å². The zero-order valence-electron chi connectivity index (χ0n) is 13.4. The minimum atomic E-state index is -2.78. The van der Waals surface area contributed by atoms with Gasteiger partial charge in [0.1, 0.15) is 22.9 Å². The van der Waals surface area contributed by atoms with Crippen LogP contribution in [0.4, 0.5) is 0 Å². The molecule has 8 N–H and O–H groups in total. The second kappa shape index (κ2) is 6.01. The smallest absolute Gasteiger partial charge is 0.320 e. The van der Waals surface area contributed by atoms with E-state index in [1.54, 1.807) is 0 Å². The molecule has 136 valence electrons. The molecule has 0 aromatic rings. The molecule has 25 heavy (non-hydrogen) atoms. The van der Waals surface area contributed by atoms with Crippen LogP contribution in [0.15, 0.2) is 33.0 Å². The molecule has 0 saturated heterocycles. The van der Waals surface area contributed by atoms with Gasteiger partial charge in [-0.15, -0.1) is 0 Å². The maximum absolute atomic E-state index is 12.3. The minimum absolute atomic E-state index is 0.0428. The first-order chi connectivity index (χ1) is 11.7. The number of hydrogen-bond donors (Lipinski definition) is 6. The van der Waals surface area contributed by atoms with Gasteiger partial charge in [0, 0.05) is 23.9 Å². The second-order valence-corrected chi connectivity index (χ2v) is 8.93. The number of aliphatic hydroxyl groups excluding tert-OH is 2. The molecule has 0 fully saturated rings. The van der Waals surface area contributed by atoms with Crippen LogP contribution in [0, 0.1) is 0 Å². The Hall–Kier alpha value is -2.09.